The normalized spacial score (nSPS) is 19.9. The van der Waals surface area contributed by atoms with Crippen LogP contribution in [0, 0.1) is 12.8 Å². The molecule has 0 aliphatic carbocycles. The van der Waals surface area contributed by atoms with Crippen LogP contribution >= 0.6 is 11.5 Å². The van der Waals surface area contributed by atoms with Crippen molar-refractivity contribution in [3.05, 3.63) is 5.82 Å². The molecular formula is C9H16N4S. The maximum absolute atomic E-state index is 6.19. The van der Waals surface area contributed by atoms with E-state index in [1.807, 2.05) is 6.92 Å². The second-order valence-corrected chi connectivity index (χ2v) is 5.10. The van der Waals surface area contributed by atoms with Crippen LogP contribution < -0.4 is 10.6 Å². The molecule has 0 unspecified atom stereocenters. The summed E-state index contributed by atoms with van der Waals surface area (Å²) in [5.74, 6) is 1.37. The number of aromatic nitrogens is 2. The van der Waals surface area contributed by atoms with Crippen LogP contribution in [0.1, 0.15) is 19.7 Å². The third-order valence-electron chi connectivity index (χ3n) is 2.91. The predicted octanol–water partition coefficient (Wildman–Crippen LogP) is 1.02. The Morgan fingerprint density at radius 1 is 1.50 bits per heavy atom. The van der Waals surface area contributed by atoms with Gasteiger partial charge in [0.1, 0.15) is 5.82 Å². The van der Waals surface area contributed by atoms with E-state index in [-0.39, 0.29) is 5.54 Å². The minimum Gasteiger partial charge on any atom is -0.343 e. The van der Waals surface area contributed by atoms with E-state index in [9.17, 15) is 0 Å². The molecule has 2 N–H and O–H groups in total. The Kier molecular flexibility index (Phi) is 2.23. The zero-order valence-electron chi connectivity index (χ0n) is 8.82. The Hall–Kier alpha value is -0.680. The smallest absolute Gasteiger partial charge is 0.205 e. The second kappa shape index (κ2) is 3.17. The van der Waals surface area contributed by atoms with Gasteiger partial charge < -0.3 is 10.6 Å². The highest BCUT2D eigenvalue weighted by Gasteiger charge is 2.43. The number of hydrogen-bond acceptors (Lipinski definition) is 5. The standard InChI is InChI=1S/C9H16N4S/c1-6(2)9(10)4-13(5-9)8-11-7(3)12-14-8/h6H,4-5,10H2,1-3H3. The molecule has 0 spiro atoms. The Balaban J connectivity index is 2.01. The Labute approximate surface area is 88.3 Å². The largest absolute Gasteiger partial charge is 0.343 e. The Morgan fingerprint density at radius 2 is 2.14 bits per heavy atom. The van der Waals surface area contributed by atoms with Crippen LogP contribution in [-0.4, -0.2) is 28.0 Å². The molecule has 1 aliphatic heterocycles. The zero-order valence-corrected chi connectivity index (χ0v) is 9.64. The first kappa shape index (κ1) is 9.86. The van der Waals surface area contributed by atoms with E-state index in [1.54, 1.807) is 0 Å². The summed E-state index contributed by atoms with van der Waals surface area (Å²) in [5, 5.41) is 1.00. The van der Waals surface area contributed by atoms with Gasteiger partial charge in [0.2, 0.25) is 5.13 Å². The van der Waals surface area contributed by atoms with Crippen molar-refractivity contribution in [2.75, 3.05) is 18.0 Å². The number of aryl methyl sites for hydroxylation is 1. The summed E-state index contributed by atoms with van der Waals surface area (Å²) in [4.78, 5) is 6.53. The molecule has 0 bridgehead atoms. The number of hydrogen-bond donors (Lipinski definition) is 1. The molecule has 0 aromatic carbocycles. The summed E-state index contributed by atoms with van der Waals surface area (Å²) in [7, 11) is 0. The maximum Gasteiger partial charge on any atom is 0.205 e. The highest BCUT2D eigenvalue weighted by atomic mass is 32.1. The lowest BCUT2D eigenvalue weighted by atomic mass is 9.81. The molecule has 0 radical (unpaired) electrons. The molecule has 1 saturated heterocycles. The van der Waals surface area contributed by atoms with Crippen molar-refractivity contribution < 1.29 is 0 Å². The van der Waals surface area contributed by atoms with Gasteiger partial charge in [-0.1, -0.05) is 13.8 Å². The van der Waals surface area contributed by atoms with E-state index in [0.717, 1.165) is 24.0 Å². The van der Waals surface area contributed by atoms with Crippen LogP contribution in [0.25, 0.3) is 0 Å². The molecule has 14 heavy (non-hydrogen) atoms. The fourth-order valence-corrected chi connectivity index (χ4v) is 2.25. The predicted molar refractivity (Wildman–Crippen MR) is 58.6 cm³/mol. The van der Waals surface area contributed by atoms with Gasteiger partial charge in [0, 0.05) is 24.6 Å². The summed E-state index contributed by atoms with van der Waals surface area (Å²) in [6.45, 7) is 8.06. The molecule has 0 atom stereocenters. The van der Waals surface area contributed by atoms with Crippen molar-refractivity contribution in [2.24, 2.45) is 11.7 Å². The highest BCUT2D eigenvalue weighted by Crippen LogP contribution is 2.31. The molecule has 78 valence electrons. The molecule has 1 aliphatic rings. The number of nitrogens with zero attached hydrogens (tertiary/aromatic N) is 3. The lowest BCUT2D eigenvalue weighted by Crippen LogP contribution is -2.70. The molecule has 4 nitrogen and oxygen atoms in total. The summed E-state index contributed by atoms with van der Waals surface area (Å²) >= 11 is 1.46. The summed E-state index contributed by atoms with van der Waals surface area (Å²) < 4.78 is 4.16. The molecule has 0 amide bonds. The summed E-state index contributed by atoms with van der Waals surface area (Å²) in [6.07, 6.45) is 0. The SMILES string of the molecule is Cc1nsc(N2CC(N)(C(C)C)C2)n1. The lowest BCUT2D eigenvalue weighted by Gasteiger charge is -2.50. The van der Waals surface area contributed by atoms with Gasteiger partial charge in [-0.2, -0.15) is 4.37 Å². The van der Waals surface area contributed by atoms with Crippen LogP contribution in [0.2, 0.25) is 0 Å². The van der Waals surface area contributed by atoms with Gasteiger partial charge >= 0.3 is 0 Å². The molecule has 1 aromatic heterocycles. The average Bonchev–Trinajstić information content (AvgIpc) is 2.45. The topological polar surface area (TPSA) is 55.0 Å². The molecule has 2 rings (SSSR count). The molecule has 1 aromatic rings. The monoisotopic (exact) mass is 212 g/mol. The Bertz CT molecular complexity index is 327. The maximum atomic E-state index is 6.19. The minimum absolute atomic E-state index is 0.0282. The fraction of sp³-hybridized carbons (Fsp3) is 0.778. The van der Waals surface area contributed by atoms with Gasteiger partial charge in [-0.15, -0.1) is 0 Å². The zero-order chi connectivity index (χ0) is 10.3. The van der Waals surface area contributed by atoms with Crippen molar-refractivity contribution in [3.8, 4) is 0 Å². The molecule has 1 fully saturated rings. The van der Waals surface area contributed by atoms with E-state index in [2.05, 4.69) is 28.1 Å². The third-order valence-corrected chi connectivity index (χ3v) is 3.78. The third kappa shape index (κ3) is 1.50. The average molecular weight is 212 g/mol. The first-order valence-corrected chi connectivity index (χ1v) is 5.63. The number of nitrogens with two attached hydrogens (primary N) is 1. The van der Waals surface area contributed by atoms with Crippen LogP contribution in [0.3, 0.4) is 0 Å². The molecule has 2 heterocycles. The summed E-state index contributed by atoms with van der Waals surface area (Å²) in [6, 6.07) is 0. The van der Waals surface area contributed by atoms with Gasteiger partial charge in [0.05, 0.1) is 5.54 Å². The van der Waals surface area contributed by atoms with E-state index in [4.69, 9.17) is 5.73 Å². The van der Waals surface area contributed by atoms with Crippen LogP contribution in [0.4, 0.5) is 5.13 Å². The fourth-order valence-electron chi connectivity index (χ4n) is 1.58. The van der Waals surface area contributed by atoms with Crippen molar-refractivity contribution in [1.29, 1.82) is 0 Å². The van der Waals surface area contributed by atoms with Crippen LogP contribution in [0.5, 0.6) is 0 Å². The number of anilines is 1. The van der Waals surface area contributed by atoms with Gasteiger partial charge in [0.15, 0.2) is 0 Å². The molecule has 0 saturated carbocycles. The van der Waals surface area contributed by atoms with Gasteiger partial charge in [-0.05, 0) is 12.8 Å². The van der Waals surface area contributed by atoms with E-state index in [1.165, 1.54) is 11.5 Å². The highest BCUT2D eigenvalue weighted by molar-refractivity contribution is 7.09. The first-order valence-electron chi connectivity index (χ1n) is 4.85. The van der Waals surface area contributed by atoms with E-state index < -0.39 is 0 Å². The minimum atomic E-state index is -0.0282. The second-order valence-electron chi connectivity index (χ2n) is 4.37. The van der Waals surface area contributed by atoms with E-state index in [0.29, 0.717) is 5.92 Å². The molecular weight excluding hydrogens is 196 g/mol. The van der Waals surface area contributed by atoms with Crippen LogP contribution in [-0.2, 0) is 0 Å². The lowest BCUT2D eigenvalue weighted by molar-refractivity contribution is 0.245. The molecule has 5 heteroatoms. The van der Waals surface area contributed by atoms with Crippen molar-refractivity contribution in [1.82, 2.24) is 9.36 Å². The summed E-state index contributed by atoms with van der Waals surface area (Å²) in [5.41, 5.74) is 6.17. The number of rotatable bonds is 2. The van der Waals surface area contributed by atoms with Crippen molar-refractivity contribution in [2.45, 2.75) is 26.3 Å². The Morgan fingerprint density at radius 3 is 2.57 bits per heavy atom. The van der Waals surface area contributed by atoms with Crippen LogP contribution in [0.15, 0.2) is 0 Å². The van der Waals surface area contributed by atoms with Crippen molar-refractivity contribution >= 4 is 16.7 Å². The van der Waals surface area contributed by atoms with Crippen molar-refractivity contribution in [3.63, 3.8) is 0 Å². The quantitative estimate of drug-likeness (QED) is 0.795. The van der Waals surface area contributed by atoms with E-state index >= 15 is 0 Å². The first-order chi connectivity index (χ1) is 6.51. The van der Waals surface area contributed by atoms with Gasteiger partial charge in [-0.3, -0.25) is 0 Å². The van der Waals surface area contributed by atoms with Gasteiger partial charge in [-0.25, -0.2) is 4.98 Å². The van der Waals surface area contributed by atoms with Gasteiger partial charge in [0.25, 0.3) is 0 Å².